The molecule has 0 aliphatic heterocycles. The zero-order valence-corrected chi connectivity index (χ0v) is 14.4. The molecule has 4 heteroatoms. The summed E-state index contributed by atoms with van der Waals surface area (Å²) in [6, 6.07) is 16.1. The monoisotopic (exact) mass is 326 g/mol. The van der Waals surface area contributed by atoms with Crippen LogP contribution in [0.5, 0.6) is 5.75 Å². The average molecular weight is 326 g/mol. The summed E-state index contributed by atoms with van der Waals surface area (Å²) in [6.07, 6.45) is 1.18. The fourth-order valence-electron chi connectivity index (χ4n) is 2.48. The molecule has 0 aromatic heterocycles. The van der Waals surface area contributed by atoms with Crippen LogP contribution < -0.4 is 15.8 Å². The summed E-state index contributed by atoms with van der Waals surface area (Å²) in [7, 11) is 0. The van der Waals surface area contributed by atoms with E-state index in [1.165, 1.54) is 5.56 Å². The van der Waals surface area contributed by atoms with Crippen molar-refractivity contribution >= 4 is 5.91 Å². The topological polar surface area (TPSA) is 64.3 Å². The number of carbonyl (C=O) groups is 1. The van der Waals surface area contributed by atoms with E-state index in [0.717, 1.165) is 16.9 Å². The fraction of sp³-hybridized carbons (Fsp3) is 0.350. The van der Waals surface area contributed by atoms with Crippen LogP contribution in [0.2, 0.25) is 0 Å². The Hall–Kier alpha value is -2.33. The van der Waals surface area contributed by atoms with E-state index in [9.17, 15) is 4.79 Å². The first-order valence-corrected chi connectivity index (χ1v) is 8.36. The molecule has 2 aromatic rings. The van der Waals surface area contributed by atoms with Crippen molar-refractivity contribution in [2.45, 2.75) is 39.3 Å². The molecule has 0 bridgehead atoms. The summed E-state index contributed by atoms with van der Waals surface area (Å²) >= 11 is 0. The third-order valence-electron chi connectivity index (χ3n) is 3.85. The fourth-order valence-corrected chi connectivity index (χ4v) is 2.48. The molecule has 0 spiro atoms. The zero-order chi connectivity index (χ0) is 17.4. The molecule has 1 amide bonds. The SMILES string of the molecule is Cc1cccc(COc2ccc(C(C)NC(=O)CCCN)cc2)c1. The van der Waals surface area contributed by atoms with Gasteiger partial charge < -0.3 is 15.8 Å². The van der Waals surface area contributed by atoms with Gasteiger partial charge in [-0.1, -0.05) is 42.0 Å². The van der Waals surface area contributed by atoms with Crippen LogP contribution in [-0.2, 0) is 11.4 Å². The third kappa shape index (κ3) is 5.70. The normalized spacial score (nSPS) is 11.8. The molecule has 2 rings (SSSR count). The van der Waals surface area contributed by atoms with Gasteiger partial charge in [-0.05, 0) is 50.1 Å². The molecule has 4 nitrogen and oxygen atoms in total. The van der Waals surface area contributed by atoms with Crippen LogP contribution in [0.25, 0.3) is 0 Å². The second-order valence-corrected chi connectivity index (χ2v) is 6.03. The lowest BCUT2D eigenvalue weighted by molar-refractivity contribution is -0.121. The van der Waals surface area contributed by atoms with Gasteiger partial charge in [0, 0.05) is 6.42 Å². The van der Waals surface area contributed by atoms with Gasteiger partial charge in [0.05, 0.1) is 6.04 Å². The minimum Gasteiger partial charge on any atom is -0.489 e. The molecule has 0 saturated carbocycles. The van der Waals surface area contributed by atoms with Crippen molar-refractivity contribution in [3.05, 3.63) is 65.2 Å². The molecule has 0 aliphatic carbocycles. The lowest BCUT2D eigenvalue weighted by Gasteiger charge is -2.15. The van der Waals surface area contributed by atoms with E-state index in [2.05, 4.69) is 30.4 Å². The number of nitrogens with two attached hydrogens (primary N) is 1. The van der Waals surface area contributed by atoms with Crippen LogP contribution >= 0.6 is 0 Å². The lowest BCUT2D eigenvalue weighted by Crippen LogP contribution is -2.26. The maximum atomic E-state index is 11.7. The summed E-state index contributed by atoms with van der Waals surface area (Å²) in [5.74, 6) is 0.856. The van der Waals surface area contributed by atoms with Gasteiger partial charge in [0.2, 0.25) is 5.91 Å². The van der Waals surface area contributed by atoms with Crippen LogP contribution in [-0.4, -0.2) is 12.5 Å². The zero-order valence-electron chi connectivity index (χ0n) is 14.4. The quantitative estimate of drug-likeness (QED) is 0.780. The van der Waals surface area contributed by atoms with Gasteiger partial charge in [-0.25, -0.2) is 0 Å². The highest BCUT2D eigenvalue weighted by Gasteiger charge is 2.09. The Morgan fingerprint density at radius 1 is 1.21 bits per heavy atom. The Balaban J connectivity index is 1.86. The second kappa shape index (κ2) is 9.08. The van der Waals surface area contributed by atoms with Gasteiger partial charge in [-0.2, -0.15) is 0 Å². The van der Waals surface area contributed by atoms with Gasteiger partial charge in [-0.15, -0.1) is 0 Å². The number of rotatable bonds is 8. The van der Waals surface area contributed by atoms with E-state index < -0.39 is 0 Å². The molecule has 1 atom stereocenters. The number of hydrogen-bond donors (Lipinski definition) is 2. The van der Waals surface area contributed by atoms with Crippen LogP contribution in [0.1, 0.15) is 42.5 Å². The molecule has 0 fully saturated rings. The van der Waals surface area contributed by atoms with Gasteiger partial charge in [-0.3, -0.25) is 4.79 Å². The van der Waals surface area contributed by atoms with Crippen molar-refractivity contribution in [2.75, 3.05) is 6.54 Å². The van der Waals surface area contributed by atoms with Gasteiger partial charge in [0.25, 0.3) is 0 Å². The average Bonchev–Trinajstić information content (AvgIpc) is 2.58. The maximum absolute atomic E-state index is 11.7. The maximum Gasteiger partial charge on any atom is 0.220 e. The van der Waals surface area contributed by atoms with E-state index in [4.69, 9.17) is 10.5 Å². The molecular weight excluding hydrogens is 300 g/mol. The van der Waals surface area contributed by atoms with Crippen molar-refractivity contribution < 1.29 is 9.53 Å². The Morgan fingerprint density at radius 2 is 1.96 bits per heavy atom. The van der Waals surface area contributed by atoms with E-state index in [1.54, 1.807) is 0 Å². The number of aryl methyl sites for hydroxylation is 1. The predicted octanol–water partition coefficient (Wildman–Crippen LogP) is 3.49. The Bertz CT molecular complexity index is 653. The predicted molar refractivity (Wildman–Crippen MR) is 96.8 cm³/mol. The van der Waals surface area contributed by atoms with Gasteiger partial charge in [0.15, 0.2) is 0 Å². The van der Waals surface area contributed by atoms with Crippen molar-refractivity contribution in [2.24, 2.45) is 5.73 Å². The first kappa shape index (κ1) is 18.0. The van der Waals surface area contributed by atoms with E-state index in [1.807, 2.05) is 37.3 Å². The number of nitrogens with one attached hydrogen (secondary N) is 1. The number of carbonyl (C=O) groups excluding carboxylic acids is 1. The van der Waals surface area contributed by atoms with Crippen molar-refractivity contribution in [1.82, 2.24) is 5.32 Å². The molecule has 1 unspecified atom stereocenters. The highest BCUT2D eigenvalue weighted by atomic mass is 16.5. The van der Waals surface area contributed by atoms with Crippen LogP contribution in [0.3, 0.4) is 0 Å². The van der Waals surface area contributed by atoms with Gasteiger partial charge >= 0.3 is 0 Å². The molecule has 3 N–H and O–H groups in total. The number of amides is 1. The summed E-state index contributed by atoms with van der Waals surface area (Å²) < 4.78 is 5.81. The molecule has 0 radical (unpaired) electrons. The smallest absolute Gasteiger partial charge is 0.220 e. The minimum absolute atomic E-state index is 0.0268. The molecule has 0 aliphatic rings. The molecule has 128 valence electrons. The largest absolute Gasteiger partial charge is 0.489 e. The summed E-state index contributed by atoms with van der Waals surface area (Å²) in [5, 5.41) is 2.98. The lowest BCUT2D eigenvalue weighted by atomic mass is 10.1. The number of ether oxygens (including phenoxy) is 1. The first-order chi connectivity index (χ1) is 11.6. The molecule has 24 heavy (non-hydrogen) atoms. The number of benzene rings is 2. The molecule has 2 aromatic carbocycles. The van der Waals surface area contributed by atoms with Gasteiger partial charge in [0.1, 0.15) is 12.4 Å². The molecule has 0 saturated heterocycles. The minimum atomic E-state index is -0.0268. The van der Waals surface area contributed by atoms with Crippen LogP contribution in [0.4, 0.5) is 0 Å². The van der Waals surface area contributed by atoms with Crippen LogP contribution in [0, 0.1) is 6.92 Å². The Kier molecular flexibility index (Phi) is 6.82. The summed E-state index contributed by atoms with van der Waals surface area (Å²) in [4.78, 5) is 11.7. The van der Waals surface area contributed by atoms with E-state index in [0.29, 0.717) is 26.0 Å². The third-order valence-corrected chi connectivity index (χ3v) is 3.85. The molecular formula is C20H26N2O2. The number of hydrogen-bond acceptors (Lipinski definition) is 3. The highest BCUT2D eigenvalue weighted by Crippen LogP contribution is 2.19. The van der Waals surface area contributed by atoms with Crippen molar-refractivity contribution in [3.8, 4) is 5.75 Å². The Morgan fingerprint density at radius 3 is 2.62 bits per heavy atom. The van der Waals surface area contributed by atoms with Crippen LogP contribution in [0.15, 0.2) is 48.5 Å². The second-order valence-electron chi connectivity index (χ2n) is 6.03. The van der Waals surface area contributed by atoms with Crippen molar-refractivity contribution in [1.29, 1.82) is 0 Å². The van der Waals surface area contributed by atoms with E-state index >= 15 is 0 Å². The summed E-state index contributed by atoms with van der Waals surface area (Å²) in [5.41, 5.74) is 8.85. The van der Waals surface area contributed by atoms with E-state index in [-0.39, 0.29) is 11.9 Å². The molecule has 0 heterocycles. The summed E-state index contributed by atoms with van der Waals surface area (Å²) in [6.45, 7) is 5.13. The van der Waals surface area contributed by atoms with Crippen molar-refractivity contribution in [3.63, 3.8) is 0 Å². The first-order valence-electron chi connectivity index (χ1n) is 8.36. The standard InChI is InChI=1S/C20H26N2O2/c1-15-5-3-6-17(13-15)14-24-19-10-8-18(9-11-19)16(2)22-20(23)7-4-12-21/h3,5-6,8-11,13,16H,4,7,12,14,21H2,1-2H3,(H,22,23). The Labute approximate surface area is 144 Å². The highest BCUT2D eigenvalue weighted by molar-refractivity contribution is 5.76.